The molecule has 0 aliphatic carbocycles. The summed E-state index contributed by atoms with van der Waals surface area (Å²) >= 11 is 0. The van der Waals surface area contributed by atoms with E-state index in [1.54, 1.807) is 0 Å². The van der Waals surface area contributed by atoms with Crippen LogP contribution in [-0.2, 0) is 0 Å². The van der Waals surface area contributed by atoms with Gasteiger partial charge in [-0.2, -0.15) is 0 Å². The van der Waals surface area contributed by atoms with Crippen molar-refractivity contribution in [2.24, 2.45) is 5.92 Å². The van der Waals surface area contributed by atoms with Crippen LogP contribution in [0.5, 0.6) is 0 Å². The predicted molar refractivity (Wildman–Crippen MR) is 49.7 cm³/mol. The summed E-state index contributed by atoms with van der Waals surface area (Å²) in [5, 5.41) is 0. The largest absolute Gasteiger partial charge is 0.303 e. The molecule has 2 unspecified atom stereocenters. The molecule has 0 saturated carbocycles. The molecule has 1 saturated heterocycles. The molecule has 1 rings (SSSR count). The Hall–Kier alpha value is -0.0400. The second-order valence-corrected chi connectivity index (χ2v) is 4.01. The maximum Gasteiger partial charge on any atom is 0.00896 e. The maximum atomic E-state index is 2.53. The summed E-state index contributed by atoms with van der Waals surface area (Å²) in [5.41, 5.74) is 0. The van der Waals surface area contributed by atoms with Gasteiger partial charge in [-0.3, -0.25) is 0 Å². The van der Waals surface area contributed by atoms with Crippen LogP contribution in [0.4, 0.5) is 0 Å². The zero-order valence-corrected chi connectivity index (χ0v) is 8.14. The van der Waals surface area contributed by atoms with E-state index < -0.39 is 0 Å². The zero-order chi connectivity index (χ0) is 8.27. The molecule has 0 bridgehead atoms. The summed E-state index contributed by atoms with van der Waals surface area (Å²) < 4.78 is 0. The normalized spacial score (nSPS) is 35.2. The van der Waals surface area contributed by atoms with E-state index in [-0.39, 0.29) is 0 Å². The second-order valence-electron chi connectivity index (χ2n) is 4.01. The minimum Gasteiger partial charge on any atom is -0.303 e. The SMILES string of the molecule is CCC1CCC(C)CCN1C. The Labute approximate surface area is 70.8 Å². The van der Waals surface area contributed by atoms with Gasteiger partial charge < -0.3 is 4.90 Å². The molecule has 1 aliphatic heterocycles. The number of hydrogen-bond acceptors (Lipinski definition) is 1. The summed E-state index contributed by atoms with van der Waals surface area (Å²) in [4.78, 5) is 2.53. The number of hydrogen-bond donors (Lipinski definition) is 0. The van der Waals surface area contributed by atoms with E-state index >= 15 is 0 Å². The predicted octanol–water partition coefficient (Wildman–Crippen LogP) is 2.52. The Morgan fingerprint density at radius 3 is 2.64 bits per heavy atom. The molecule has 1 heterocycles. The summed E-state index contributed by atoms with van der Waals surface area (Å²) in [7, 11) is 2.27. The fraction of sp³-hybridized carbons (Fsp3) is 1.00. The molecule has 66 valence electrons. The van der Waals surface area contributed by atoms with E-state index in [0.29, 0.717) is 0 Å². The van der Waals surface area contributed by atoms with Crippen molar-refractivity contribution in [2.45, 2.75) is 45.6 Å². The molecule has 0 amide bonds. The first-order valence-corrected chi connectivity index (χ1v) is 4.94. The summed E-state index contributed by atoms with van der Waals surface area (Å²) in [6.45, 7) is 5.99. The Bertz CT molecular complexity index is 111. The van der Waals surface area contributed by atoms with Gasteiger partial charge in [0.25, 0.3) is 0 Å². The monoisotopic (exact) mass is 155 g/mol. The van der Waals surface area contributed by atoms with Crippen molar-refractivity contribution in [3.63, 3.8) is 0 Å². The first-order valence-electron chi connectivity index (χ1n) is 4.94. The third-order valence-corrected chi connectivity index (χ3v) is 3.06. The summed E-state index contributed by atoms with van der Waals surface area (Å²) in [6, 6.07) is 0.861. The molecule has 1 heteroatoms. The van der Waals surface area contributed by atoms with Gasteiger partial charge in [-0.05, 0) is 45.2 Å². The highest BCUT2D eigenvalue weighted by Gasteiger charge is 2.18. The van der Waals surface area contributed by atoms with Crippen LogP contribution in [0.15, 0.2) is 0 Å². The summed E-state index contributed by atoms with van der Waals surface area (Å²) in [5.74, 6) is 0.953. The van der Waals surface area contributed by atoms with Gasteiger partial charge in [0.2, 0.25) is 0 Å². The molecule has 2 atom stereocenters. The van der Waals surface area contributed by atoms with E-state index in [0.717, 1.165) is 12.0 Å². The van der Waals surface area contributed by atoms with Gasteiger partial charge in [-0.1, -0.05) is 13.8 Å². The van der Waals surface area contributed by atoms with Crippen LogP contribution in [0.3, 0.4) is 0 Å². The second kappa shape index (κ2) is 4.10. The third kappa shape index (κ3) is 2.48. The Morgan fingerprint density at radius 1 is 1.27 bits per heavy atom. The lowest BCUT2D eigenvalue weighted by atomic mass is 10.0. The molecule has 11 heavy (non-hydrogen) atoms. The van der Waals surface area contributed by atoms with Crippen molar-refractivity contribution in [2.75, 3.05) is 13.6 Å². The minimum atomic E-state index is 0.861. The molecule has 0 spiro atoms. The molecule has 1 nitrogen and oxygen atoms in total. The number of nitrogens with zero attached hydrogens (tertiary/aromatic N) is 1. The van der Waals surface area contributed by atoms with Gasteiger partial charge in [0.15, 0.2) is 0 Å². The van der Waals surface area contributed by atoms with Crippen molar-refractivity contribution in [3.05, 3.63) is 0 Å². The summed E-state index contributed by atoms with van der Waals surface area (Å²) in [6.07, 6.45) is 5.56. The fourth-order valence-corrected chi connectivity index (χ4v) is 1.96. The van der Waals surface area contributed by atoms with Gasteiger partial charge in [-0.25, -0.2) is 0 Å². The lowest BCUT2D eigenvalue weighted by molar-refractivity contribution is 0.240. The van der Waals surface area contributed by atoms with Crippen molar-refractivity contribution in [1.29, 1.82) is 0 Å². The Balaban J connectivity index is 2.41. The molecule has 1 fully saturated rings. The molecule has 0 N–H and O–H groups in total. The van der Waals surface area contributed by atoms with Crippen molar-refractivity contribution in [3.8, 4) is 0 Å². The van der Waals surface area contributed by atoms with Gasteiger partial charge in [0.1, 0.15) is 0 Å². The third-order valence-electron chi connectivity index (χ3n) is 3.06. The molecule has 0 radical (unpaired) electrons. The Kier molecular flexibility index (Phi) is 3.38. The number of rotatable bonds is 1. The molecule has 1 aliphatic rings. The van der Waals surface area contributed by atoms with E-state index in [2.05, 4.69) is 25.8 Å². The average Bonchev–Trinajstić information content (AvgIpc) is 2.15. The average molecular weight is 155 g/mol. The lowest BCUT2D eigenvalue weighted by Gasteiger charge is -2.23. The van der Waals surface area contributed by atoms with Gasteiger partial charge in [0.05, 0.1) is 0 Å². The molecular formula is C10H21N. The topological polar surface area (TPSA) is 3.24 Å². The minimum absolute atomic E-state index is 0.861. The van der Waals surface area contributed by atoms with Crippen LogP contribution < -0.4 is 0 Å². The highest BCUT2D eigenvalue weighted by atomic mass is 15.1. The van der Waals surface area contributed by atoms with E-state index in [9.17, 15) is 0 Å². The first kappa shape index (κ1) is 9.05. The van der Waals surface area contributed by atoms with Crippen LogP contribution in [-0.4, -0.2) is 24.5 Å². The molecule has 0 aromatic carbocycles. The smallest absolute Gasteiger partial charge is 0.00896 e. The quantitative estimate of drug-likeness (QED) is 0.562. The molecular weight excluding hydrogens is 134 g/mol. The highest BCUT2D eigenvalue weighted by molar-refractivity contribution is 4.73. The van der Waals surface area contributed by atoms with Crippen LogP contribution in [0, 0.1) is 5.92 Å². The molecule has 0 aromatic rings. The fourth-order valence-electron chi connectivity index (χ4n) is 1.96. The van der Waals surface area contributed by atoms with Gasteiger partial charge >= 0.3 is 0 Å². The van der Waals surface area contributed by atoms with E-state index in [1.165, 1.54) is 32.2 Å². The molecule has 0 aromatic heterocycles. The van der Waals surface area contributed by atoms with Crippen LogP contribution in [0.25, 0.3) is 0 Å². The first-order chi connectivity index (χ1) is 5.24. The van der Waals surface area contributed by atoms with Crippen molar-refractivity contribution >= 4 is 0 Å². The zero-order valence-electron chi connectivity index (χ0n) is 8.14. The standard InChI is InChI=1S/C10H21N/c1-4-10-6-5-9(2)7-8-11(10)3/h9-10H,4-8H2,1-3H3. The van der Waals surface area contributed by atoms with E-state index in [1.807, 2.05) is 0 Å². The van der Waals surface area contributed by atoms with Crippen LogP contribution >= 0.6 is 0 Å². The van der Waals surface area contributed by atoms with E-state index in [4.69, 9.17) is 0 Å². The van der Waals surface area contributed by atoms with Gasteiger partial charge in [0, 0.05) is 6.04 Å². The van der Waals surface area contributed by atoms with Gasteiger partial charge in [-0.15, -0.1) is 0 Å². The maximum absolute atomic E-state index is 2.53. The lowest BCUT2D eigenvalue weighted by Crippen LogP contribution is -2.30. The number of likely N-dealkylation sites (tertiary alicyclic amines) is 1. The van der Waals surface area contributed by atoms with Crippen molar-refractivity contribution in [1.82, 2.24) is 4.90 Å². The van der Waals surface area contributed by atoms with Crippen LogP contribution in [0.2, 0.25) is 0 Å². The van der Waals surface area contributed by atoms with Crippen LogP contribution in [0.1, 0.15) is 39.5 Å². The van der Waals surface area contributed by atoms with Crippen molar-refractivity contribution < 1.29 is 0 Å². The Morgan fingerprint density at radius 2 is 2.00 bits per heavy atom. The highest BCUT2D eigenvalue weighted by Crippen LogP contribution is 2.21.